The lowest BCUT2D eigenvalue weighted by Crippen LogP contribution is -2.10. The van der Waals surface area contributed by atoms with Gasteiger partial charge in [0.2, 0.25) is 0 Å². The van der Waals surface area contributed by atoms with E-state index in [1.807, 2.05) is 48.5 Å². The van der Waals surface area contributed by atoms with Crippen molar-refractivity contribution in [2.75, 3.05) is 7.11 Å². The van der Waals surface area contributed by atoms with Crippen molar-refractivity contribution >= 4 is 16.6 Å². The van der Waals surface area contributed by atoms with Gasteiger partial charge in [-0.15, -0.1) is 0 Å². The number of rotatable bonds is 4. The maximum absolute atomic E-state index is 13.7. The number of carbonyl (C=O) groups excluding carboxylic acids is 1. The molecule has 0 aliphatic rings. The Morgan fingerprint density at radius 2 is 1.27 bits per heavy atom. The molecule has 0 N–H and O–H groups in total. The standard InChI is InChI=1S/C28H26O2/c1-17-18(2)20(4)27(28(29)21-11-7-6-8-12-21)26(19(17)3)24-15-16-25(30-5)23-14-10-9-13-22(23)24/h6-16H,1-5H3. The Morgan fingerprint density at radius 1 is 0.667 bits per heavy atom. The van der Waals surface area contributed by atoms with Gasteiger partial charge < -0.3 is 4.74 Å². The summed E-state index contributed by atoms with van der Waals surface area (Å²) in [6.45, 7) is 8.43. The van der Waals surface area contributed by atoms with Crippen LogP contribution >= 0.6 is 0 Å². The highest BCUT2D eigenvalue weighted by Crippen LogP contribution is 2.41. The predicted molar refractivity (Wildman–Crippen MR) is 125 cm³/mol. The number of fused-ring (bicyclic) bond motifs is 1. The van der Waals surface area contributed by atoms with Gasteiger partial charge in [0, 0.05) is 16.5 Å². The molecule has 0 heterocycles. The minimum atomic E-state index is 0.0641. The topological polar surface area (TPSA) is 26.3 Å². The van der Waals surface area contributed by atoms with Crippen molar-refractivity contribution in [1.82, 2.24) is 0 Å². The van der Waals surface area contributed by atoms with Crippen molar-refractivity contribution < 1.29 is 9.53 Å². The molecule has 4 aromatic carbocycles. The summed E-state index contributed by atoms with van der Waals surface area (Å²) in [4.78, 5) is 13.7. The first kappa shape index (κ1) is 19.9. The number of hydrogen-bond donors (Lipinski definition) is 0. The van der Waals surface area contributed by atoms with Crippen LogP contribution in [0.1, 0.15) is 38.2 Å². The number of carbonyl (C=O) groups is 1. The summed E-state index contributed by atoms with van der Waals surface area (Å²) >= 11 is 0. The van der Waals surface area contributed by atoms with E-state index in [9.17, 15) is 4.79 Å². The minimum absolute atomic E-state index is 0.0641. The quantitative estimate of drug-likeness (QED) is 0.349. The van der Waals surface area contributed by atoms with Crippen molar-refractivity contribution in [1.29, 1.82) is 0 Å². The van der Waals surface area contributed by atoms with Gasteiger partial charge in [-0.25, -0.2) is 0 Å². The molecule has 0 aliphatic carbocycles. The second-order valence-corrected chi connectivity index (χ2v) is 7.81. The van der Waals surface area contributed by atoms with Gasteiger partial charge in [-0.1, -0.05) is 60.7 Å². The average molecular weight is 395 g/mol. The summed E-state index contributed by atoms with van der Waals surface area (Å²) in [5.74, 6) is 0.901. The molecule has 0 radical (unpaired) electrons. The normalized spacial score (nSPS) is 11.0. The summed E-state index contributed by atoms with van der Waals surface area (Å²) in [7, 11) is 1.69. The molecule has 2 nitrogen and oxygen atoms in total. The van der Waals surface area contributed by atoms with Crippen LogP contribution < -0.4 is 4.74 Å². The number of benzene rings is 4. The molecule has 0 saturated heterocycles. The third-order valence-electron chi connectivity index (χ3n) is 6.32. The summed E-state index contributed by atoms with van der Waals surface area (Å²) in [6.07, 6.45) is 0. The van der Waals surface area contributed by atoms with Crippen molar-refractivity contribution in [2.24, 2.45) is 0 Å². The van der Waals surface area contributed by atoms with Crippen LogP contribution in [0.3, 0.4) is 0 Å². The zero-order valence-corrected chi connectivity index (χ0v) is 18.2. The molecule has 0 amide bonds. The van der Waals surface area contributed by atoms with Crippen molar-refractivity contribution in [3.8, 4) is 16.9 Å². The summed E-state index contributed by atoms with van der Waals surface area (Å²) < 4.78 is 5.60. The molecule has 0 unspecified atom stereocenters. The Kier molecular flexibility index (Phi) is 5.17. The largest absolute Gasteiger partial charge is 0.496 e. The first-order valence-corrected chi connectivity index (χ1v) is 10.2. The smallest absolute Gasteiger partial charge is 0.193 e. The third-order valence-corrected chi connectivity index (χ3v) is 6.32. The minimum Gasteiger partial charge on any atom is -0.496 e. The third kappa shape index (κ3) is 3.09. The van der Waals surface area contributed by atoms with Crippen LogP contribution in [0.15, 0.2) is 66.7 Å². The summed E-state index contributed by atoms with van der Waals surface area (Å²) in [5.41, 5.74) is 8.17. The highest BCUT2D eigenvalue weighted by atomic mass is 16.5. The number of ketones is 1. The Bertz CT molecular complexity index is 1270. The molecule has 30 heavy (non-hydrogen) atoms. The molecule has 0 spiro atoms. The average Bonchev–Trinajstić information content (AvgIpc) is 2.79. The van der Waals surface area contributed by atoms with Crippen LogP contribution in [0.4, 0.5) is 0 Å². The van der Waals surface area contributed by atoms with Crippen LogP contribution in [0, 0.1) is 27.7 Å². The monoisotopic (exact) mass is 394 g/mol. The van der Waals surface area contributed by atoms with Crippen molar-refractivity contribution in [3.63, 3.8) is 0 Å². The Labute approximate surface area is 178 Å². The van der Waals surface area contributed by atoms with Crippen LogP contribution in [0.5, 0.6) is 5.75 Å². The van der Waals surface area contributed by atoms with Gasteiger partial charge in [-0.3, -0.25) is 4.79 Å². The fourth-order valence-electron chi connectivity index (χ4n) is 4.33. The molecular weight excluding hydrogens is 368 g/mol. The van der Waals surface area contributed by atoms with Gasteiger partial charge >= 0.3 is 0 Å². The fraction of sp³-hybridized carbons (Fsp3) is 0.179. The van der Waals surface area contributed by atoms with Gasteiger partial charge in [0.1, 0.15) is 5.75 Å². The molecule has 0 fully saturated rings. The maximum atomic E-state index is 13.7. The van der Waals surface area contributed by atoms with Gasteiger partial charge in [-0.2, -0.15) is 0 Å². The van der Waals surface area contributed by atoms with E-state index in [0.717, 1.165) is 44.3 Å². The predicted octanol–water partition coefficient (Wildman–Crippen LogP) is 6.98. The molecule has 4 rings (SSSR count). The molecule has 4 aromatic rings. The van der Waals surface area contributed by atoms with E-state index in [4.69, 9.17) is 4.74 Å². The van der Waals surface area contributed by atoms with Gasteiger partial charge in [0.05, 0.1) is 7.11 Å². The van der Waals surface area contributed by atoms with E-state index >= 15 is 0 Å². The second kappa shape index (κ2) is 7.79. The Balaban J connectivity index is 2.12. The number of methoxy groups -OCH3 is 1. The maximum Gasteiger partial charge on any atom is 0.193 e. The first-order chi connectivity index (χ1) is 14.5. The highest BCUT2D eigenvalue weighted by Gasteiger charge is 2.24. The SMILES string of the molecule is COc1ccc(-c2c(C)c(C)c(C)c(C)c2C(=O)c2ccccc2)c2ccccc12. The molecule has 0 bridgehead atoms. The number of hydrogen-bond acceptors (Lipinski definition) is 2. The van der Waals surface area contributed by atoms with Crippen molar-refractivity contribution in [3.05, 3.63) is 100 Å². The Hall–Kier alpha value is -3.39. The van der Waals surface area contributed by atoms with E-state index in [1.165, 1.54) is 11.1 Å². The number of ether oxygens (including phenoxy) is 1. The van der Waals surface area contributed by atoms with Crippen LogP contribution in [0.25, 0.3) is 21.9 Å². The zero-order valence-electron chi connectivity index (χ0n) is 18.2. The summed E-state index contributed by atoms with van der Waals surface area (Å²) in [5, 5.41) is 2.13. The van der Waals surface area contributed by atoms with Crippen molar-refractivity contribution in [2.45, 2.75) is 27.7 Å². The van der Waals surface area contributed by atoms with E-state index in [2.05, 4.69) is 45.9 Å². The molecule has 0 atom stereocenters. The highest BCUT2D eigenvalue weighted by molar-refractivity contribution is 6.16. The molecule has 0 aliphatic heterocycles. The zero-order chi connectivity index (χ0) is 21.4. The summed E-state index contributed by atoms with van der Waals surface area (Å²) in [6, 6.07) is 21.9. The fourth-order valence-corrected chi connectivity index (χ4v) is 4.33. The molecular formula is C28H26O2. The van der Waals surface area contributed by atoms with Gasteiger partial charge in [-0.05, 0) is 72.5 Å². The lowest BCUT2D eigenvalue weighted by molar-refractivity contribution is 0.103. The van der Waals surface area contributed by atoms with E-state index in [1.54, 1.807) is 7.11 Å². The van der Waals surface area contributed by atoms with Gasteiger partial charge in [0.25, 0.3) is 0 Å². The van der Waals surface area contributed by atoms with E-state index in [0.29, 0.717) is 5.56 Å². The molecule has 150 valence electrons. The first-order valence-electron chi connectivity index (χ1n) is 10.2. The Morgan fingerprint density at radius 3 is 1.93 bits per heavy atom. The second-order valence-electron chi connectivity index (χ2n) is 7.81. The van der Waals surface area contributed by atoms with Gasteiger partial charge in [0.15, 0.2) is 5.78 Å². The van der Waals surface area contributed by atoms with E-state index in [-0.39, 0.29) is 5.78 Å². The molecule has 0 aromatic heterocycles. The molecule has 2 heteroatoms. The van der Waals surface area contributed by atoms with Crippen LogP contribution in [0.2, 0.25) is 0 Å². The molecule has 0 saturated carbocycles. The lowest BCUT2D eigenvalue weighted by atomic mass is 9.81. The van der Waals surface area contributed by atoms with Crippen LogP contribution in [-0.2, 0) is 0 Å². The van der Waals surface area contributed by atoms with E-state index < -0.39 is 0 Å². The lowest BCUT2D eigenvalue weighted by Gasteiger charge is -2.22. The van der Waals surface area contributed by atoms with Crippen LogP contribution in [-0.4, -0.2) is 12.9 Å².